The van der Waals surface area contributed by atoms with Crippen LogP contribution in [0, 0.1) is 0 Å². The summed E-state index contributed by atoms with van der Waals surface area (Å²) in [6, 6.07) is 7.38. The van der Waals surface area contributed by atoms with E-state index >= 15 is 0 Å². The summed E-state index contributed by atoms with van der Waals surface area (Å²) in [5.41, 5.74) is 0.468. The van der Waals surface area contributed by atoms with E-state index in [1.807, 2.05) is 38.1 Å². The van der Waals surface area contributed by atoms with Crippen molar-refractivity contribution in [2.24, 2.45) is 0 Å². The summed E-state index contributed by atoms with van der Waals surface area (Å²) in [5.74, 6) is 1.12. The first-order valence-corrected chi connectivity index (χ1v) is 7.20. The van der Waals surface area contributed by atoms with Gasteiger partial charge in [-0.1, -0.05) is 23.3 Å². The summed E-state index contributed by atoms with van der Waals surface area (Å²) in [6.45, 7) is 5.02. The van der Waals surface area contributed by atoms with Gasteiger partial charge in [0.15, 0.2) is 0 Å². The van der Waals surface area contributed by atoms with E-state index in [1.54, 1.807) is 0 Å². The lowest BCUT2D eigenvalue weighted by molar-refractivity contribution is 0.194. The molecule has 3 rings (SSSR count). The average Bonchev–Trinajstić information content (AvgIpc) is 2.94. The van der Waals surface area contributed by atoms with Gasteiger partial charge in [0.2, 0.25) is 0 Å². The molecule has 0 aliphatic carbocycles. The van der Waals surface area contributed by atoms with Crippen molar-refractivity contribution in [1.82, 2.24) is 25.5 Å². The number of anilines is 1. The largest absolute Gasteiger partial charge is 0.493 e. The molecular weight excluding hydrogens is 284 g/mol. The van der Waals surface area contributed by atoms with Crippen molar-refractivity contribution >= 4 is 12.0 Å². The number of urea groups is 1. The fourth-order valence-electron chi connectivity index (χ4n) is 2.57. The lowest BCUT2D eigenvalue weighted by Crippen LogP contribution is -2.48. The van der Waals surface area contributed by atoms with Crippen molar-refractivity contribution in [1.29, 1.82) is 0 Å². The molecule has 2 amide bonds. The van der Waals surface area contributed by atoms with Crippen molar-refractivity contribution < 1.29 is 9.53 Å². The van der Waals surface area contributed by atoms with Crippen LogP contribution in [0.2, 0.25) is 0 Å². The maximum atomic E-state index is 12.3. The molecule has 2 heterocycles. The van der Waals surface area contributed by atoms with Crippen LogP contribution in [0.25, 0.3) is 0 Å². The van der Waals surface area contributed by atoms with Crippen LogP contribution in [0.3, 0.4) is 0 Å². The van der Waals surface area contributed by atoms with Crippen LogP contribution in [-0.4, -0.2) is 32.8 Å². The lowest BCUT2D eigenvalue weighted by Gasteiger charge is -2.36. The molecule has 0 fully saturated rings. The zero-order valence-corrected chi connectivity index (χ0v) is 12.5. The number of nitrogens with zero attached hydrogens (tertiary/aromatic N) is 4. The third kappa shape index (κ3) is 2.59. The number of aromatic nitrogens is 4. The highest BCUT2D eigenvalue weighted by Gasteiger charge is 2.34. The van der Waals surface area contributed by atoms with Crippen LogP contribution in [0.5, 0.6) is 5.75 Å². The highest BCUT2D eigenvalue weighted by Crippen LogP contribution is 2.36. The number of benzene rings is 1. The number of carbonyl (C=O) groups excluding carboxylic acids is 1. The van der Waals surface area contributed by atoms with Crippen LogP contribution in [-0.2, 0) is 12.1 Å². The maximum absolute atomic E-state index is 12.3. The smallest absolute Gasteiger partial charge is 0.322 e. The third-order valence-electron chi connectivity index (χ3n) is 3.79. The molecule has 0 saturated heterocycles. The van der Waals surface area contributed by atoms with Gasteiger partial charge in [-0.25, -0.2) is 9.48 Å². The van der Waals surface area contributed by atoms with E-state index in [0.29, 0.717) is 25.5 Å². The molecule has 2 N–H and O–H groups in total. The zero-order chi connectivity index (χ0) is 15.6. The molecule has 1 aromatic heterocycles. The Morgan fingerprint density at radius 3 is 3.09 bits per heavy atom. The molecule has 0 spiro atoms. The van der Waals surface area contributed by atoms with Crippen LogP contribution < -0.4 is 15.4 Å². The van der Waals surface area contributed by atoms with Gasteiger partial charge in [0, 0.05) is 18.5 Å². The van der Waals surface area contributed by atoms with Gasteiger partial charge >= 0.3 is 6.03 Å². The Kier molecular flexibility index (Phi) is 3.66. The van der Waals surface area contributed by atoms with E-state index in [4.69, 9.17) is 4.74 Å². The molecule has 8 nitrogen and oxygen atoms in total. The predicted octanol–water partition coefficient (Wildman–Crippen LogP) is 1.51. The highest BCUT2D eigenvalue weighted by atomic mass is 16.5. The Balaban J connectivity index is 1.77. The van der Waals surface area contributed by atoms with Gasteiger partial charge in [-0.3, -0.25) is 5.32 Å². The molecule has 2 aromatic rings. The van der Waals surface area contributed by atoms with Crippen molar-refractivity contribution in [2.75, 3.05) is 11.9 Å². The molecular formula is C14H18N6O2. The number of hydrogen-bond donors (Lipinski definition) is 2. The fraction of sp³-hybridized carbons (Fsp3) is 0.429. The van der Waals surface area contributed by atoms with E-state index in [2.05, 4.69) is 26.2 Å². The molecule has 1 aromatic carbocycles. The van der Waals surface area contributed by atoms with Gasteiger partial charge in [0.1, 0.15) is 5.75 Å². The molecule has 1 aliphatic rings. The molecule has 0 unspecified atom stereocenters. The predicted molar refractivity (Wildman–Crippen MR) is 79.6 cm³/mol. The van der Waals surface area contributed by atoms with E-state index < -0.39 is 5.54 Å². The number of fused-ring (bicyclic) bond motifs is 1. The van der Waals surface area contributed by atoms with Gasteiger partial charge in [-0.15, -0.1) is 0 Å². The molecule has 116 valence electrons. The van der Waals surface area contributed by atoms with Gasteiger partial charge in [0.25, 0.3) is 5.95 Å². The Labute approximate surface area is 127 Å². The fourth-order valence-corrected chi connectivity index (χ4v) is 2.57. The Hall–Kier alpha value is -2.64. The minimum atomic E-state index is -0.497. The number of aryl methyl sites for hydroxylation is 1. The summed E-state index contributed by atoms with van der Waals surface area (Å²) in [4.78, 5) is 12.3. The van der Waals surface area contributed by atoms with Crippen LogP contribution in [0.4, 0.5) is 10.7 Å². The second-order valence-corrected chi connectivity index (χ2v) is 5.32. The van der Waals surface area contributed by atoms with E-state index in [-0.39, 0.29) is 6.03 Å². The molecule has 22 heavy (non-hydrogen) atoms. The van der Waals surface area contributed by atoms with Gasteiger partial charge < -0.3 is 10.1 Å². The summed E-state index contributed by atoms with van der Waals surface area (Å²) in [6.07, 6.45) is 0.691. The quantitative estimate of drug-likeness (QED) is 0.896. The lowest BCUT2D eigenvalue weighted by atomic mass is 9.86. The minimum absolute atomic E-state index is 0.323. The zero-order valence-electron chi connectivity index (χ0n) is 12.5. The van der Waals surface area contributed by atoms with Gasteiger partial charge in [-0.2, -0.15) is 0 Å². The Bertz CT molecular complexity index is 685. The topological polar surface area (TPSA) is 94.0 Å². The molecule has 1 aliphatic heterocycles. The van der Waals surface area contributed by atoms with Crippen LogP contribution in [0.1, 0.15) is 25.8 Å². The highest BCUT2D eigenvalue weighted by molar-refractivity contribution is 5.88. The van der Waals surface area contributed by atoms with Crippen molar-refractivity contribution in [2.45, 2.75) is 32.4 Å². The second-order valence-electron chi connectivity index (χ2n) is 5.32. The van der Waals surface area contributed by atoms with Crippen LogP contribution in [0.15, 0.2) is 24.3 Å². The molecule has 1 atom stereocenters. The van der Waals surface area contributed by atoms with E-state index in [9.17, 15) is 4.79 Å². The van der Waals surface area contributed by atoms with Gasteiger partial charge in [-0.05, 0) is 30.3 Å². The second kappa shape index (κ2) is 5.63. The Morgan fingerprint density at radius 1 is 1.45 bits per heavy atom. The standard InChI is InChI=1S/C14H18N6O2/c1-3-20-12(17-18-19-20)15-13(21)16-14(2)8-9-22-11-7-5-4-6-10(11)14/h4-7H,3,8-9H2,1-2H3,(H2,15,16,17,19,21)/t14-/m0/s1. The van der Waals surface area contributed by atoms with Crippen molar-refractivity contribution in [3.05, 3.63) is 29.8 Å². The number of amides is 2. The third-order valence-corrected chi connectivity index (χ3v) is 3.79. The number of rotatable bonds is 3. The monoisotopic (exact) mass is 302 g/mol. The van der Waals surface area contributed by atoms with Crippen molar-refractivity contribution in [3.63, 3.8) is 0 Å². The minimum Gasteiger partial charge on any atom is -0.493 e. The maximum Gasteiger partial charge on any atom is 0.322 e. The average molecular weight is 302 g/mol. The molecule has 8 heteroatoms. The number of hydrogen-bond acceptors (Lipinski definition) is 5. The summed E-state index contributed by atoms with van der Waals surface area (Å²) >= 11 is 0. The summed E-state index contributed by atoms with van der Waals surface area (Å²) in [5, 5.41) is 16.8. The molecule has 0 saturated carbocycles. The van der Waals surface area contributed by atoms with E-state index in [0.717, 1.165) is 11.3 Å². The molecule has 0 bridgehead atoms. The number of tetrazole rings is 1. The SMILES string of the molecule is CCn1nnnc1NC(=O)N[C@@]1(C)CCOc2ccccc21. The molecule has 0 radical (unpaired) electrons. The number of carbonyl (C=O) groups is 1. The van der Waals surface area contributed by atoms with Gasteiger partial charge in [0.05, 0.1) is 12.1 Å². The first kappa shape index (κ1) is 14.3. The van der Waals surface area contributed by atoms with Crippen molar-refractivity contribution in [3.8, 4) is 5.75 Å². The number of para-hydroxylation sites is 1. The normalized spacial score (nSPS) is 19.9. The van der Waals surface area contributed by atoms with Crippen LogP contribution >= 0.6 is 0 Å². The number of nitrogens with one attached hydrogen (secondary N) is 2. The van der Waals surface area contributed by atoms with E-state index in [1.165, 1.54) is 4.68 Å². The first-order chi connectivity index (χ1) is 10.6. The Morgan fingerprint density at radius 2 is 2.27 bits per heavy atom. The first-order valence-electron chi connectivity index (χ1n) is 7.20. The summed E-state index contributed by atoms with van der Waals surface area (Å²) < 4.78 is 7.15. The summed E-state index contributed by atoms with van der Waals surface area (Å²) in [7, 11) is 0. The number of ether oxygens (including phenoxy) is 1.